The number of nitrogens with one attached hydrogen (secondary N) is 1. The lowest BCUT2D eigenvalue weighted by Crippen LogP contribution is -2.32. The van der Waals surface area contributed by atoms with E-state index in [4.69, 9.17) is 10.5 Å². The molecule has 1 heterocycles. The van der Waals surface area contributed by atoms with E-state index in [0.717, 1.165) is 41.3 Å². The second-order valence-corrected chi connectivity index (χ2v) is 9.10. The molecule has 1 amide bonds. The van der Waals surface area contributed by atoms with Crippen molar-refractivity contribution in [1.82, 2.24) is 9.88 Å². The fraction of sp³-hybridized carbons (Fsp3) is 0.200. The first kappa shape index (κ1) is 25.7. The van der Waals surface area contributed by atoms with E-state index in [2.05, 4.69) is 32.2 Å². The van der Waals surface area contributed by atoms with Crippen LogP contribution in [0.2, 0.25) is 0 Å². The fourth-order valence-corrected chi connectivity index (χ4v) is 3.92. The second-order valence-electron chi connectivity index (χ2n) is 9.10. The molecular formula is C30H33N5O2. The lowest BCUT2D eigenvalue weighted by Gasteiger charge is -2.25. The summed E-state index contributed by atoms with van der Waals surface area (Å²) in [6, 6.07) is 27.3. The van der Waals surface area contributed by atoms with Crippen LogP contribution in [0.15, 0.2) is 91.1 Å². The van der Waals surface area contributed by atoms with Crippen molar-refractivity contribution in [3.05, 3.63) is 102 Å². The van der Waals surface area contributed by atoms with Crippen LogP contribution in [0.4, 0.5) is 17.2 Å². The Hall–Kier alpha value is -4.36. The Morgan fingerprint density at radius 1 is 0.919 bits per heavy atom. The zero-order valence-electron chi connectivity index (χ0n) is 21.5. The van der Waals surface area contributed by atoms with Crippen molar-refractivity contribution in [3.63, 3.8) is 0 Å². The first-order chi connectivity index (χ1) is 17.9. The Morgan fingerprint density at radius 3 is 2.32 bits per heavy atom. The lowest BCUT2D eigenvalue weighted by atomic mass is 10.0. The smallest absolute Gasteiger partial charge is 0.257 e. The summed E-state index contributed by atoms with van der Waals surface area (Å²) in [7, 11) is 5.75. The van der Waals surface area contributed by atoms with Gasteiger partial charge in [-0.2, -0.15) is 0 Å². The summed E-state index contributed by atoms with van der Waals surface area (Å²) in [6.07, 6.45) is 1.61. The Kier molecular flexibility index (Phi) is 8.38. The molecule has 1 aromatic heterocycles. The van der Waals surface area contributed by atoms with E-state index in [9.17, 15) is 4.79 Å². The summed E-state index contributed by atoms with van der Waals surface area (Å²) in [5.74, 6) is 1.37. The van der Waals surface area contributed by atoms with Crippen LogP contribution in [0.3, 0.4) is 0 Å². The minimum Gasteiger partial charge on any atom is -0.497 e. The van der Waals surface area contributed by atoms with Gasteiger partial charge in [-0.15, -0.1) is 0 Å². The van der Waals surface area contributed by atoms with E-state index >= 15 is 0 Å². The molecule has 7 heteroatoms. The number of hydrogen-bond donors (Lipinski definition) is 2. The number of likely N-dealkylation sites (N-methyl/N-ethyl adjacent to an activating group) is 1. The van der Waals surface area contributed by atoms with E-state index in [1.807, 2.05) is 74.8 Å². The molecule has 0 saturated carbocycles. The molecule has 0 aliphatic rings. The van der Waals surface area contributed by atoms with Gasteiger partial charge in [0.05, 0.1) is 24.0 Å². The molecule has 0 fully saturated rings. The van der Waals surface area contributed by atoms with Crippen molar-refractivity contribution in [2.45, 2.75) is 6.54 Å². The van der Waals surface area contributed by atoms with Gasteiger partial charge in [0.1, 0.15) is 11.6 Å². The number of methoxy groups -OCH3 is 1. The van der Waals surface area contributed by atoms with Gasteiger partial charge < -0.3 is 25.6 Å². The SMILES string of the molecule is COc1ccc(CN(CCN(C)C)c2ccc(C(=O)Nc3cc(-c4ccccc4)ccc3N)cn2)cc1. The Bertz CT molecular complexity index is 1310. The third-order valence-electron chi connectivity index (χ3n) is 6.09. The maximum absolute atomic E-state index is 13.0. The van der Waals surface area contributed by atoms with Gasteiger partial charge in [0.25, 0.3) is 5.91 Å². The van der Waals surface area contributed by atoms with Crippen molar-refractivity contribution in [1.29, 1.82) is 0 Å². The standard InChI is InChI=1S/C30H33N5O2/c1-34(2)17-18-35(21-22-9-13-26(37-3)14-10-22)29-16-12-25(20-32-29)30(36)33-28-19-24(11-15-27(28)31)23-7-5-4-6-8-23/h4-16,19-20H,17-18,21,31H2,1-3H3,(H,33,36). The fourth-order valence-electron chi connectivity index (χ4n) is 3.92. The van der Waals surface area contributed by atoms with Gasteiger partial charge in [0.15, 0.2) is 0 Å². The zero-order chi connectivity index (χ0) is 26.2. The van der Waals surface area contributed by atoms with Crippen LogP contribution in [0, 0.1) is 0 Å². The minimum atomic E-state index is -0.258. The largest absolute Gasteiger partial charge is 0.497 e. The van der Waals surface area contributed by atoms with Crippen LogP contribution in [0.1, 0.15) is 15.9 Å². The molecule has 4 rings (SSSR count). The number of nitrogen functional groups attached to an aromatic ring is 1. The van der Waals surface area contributed by atoms with Crippen LogP contribution >= 0.6 is 0 Å². The maximum atomic E-state index is 13.0. The van der Waals surface area contributed by atoms with Gasteiger partial charge in [-0.3, -0.25) is 4.79 Å². The van der Waals surface area contributed by atoms with Crippen molar-refractivity contribution in [2.75, 3.05) is 50.2 Å². The van der Waals surface area contributed by atoms with Gasteiger partial charge in [0.2, 0.25) is 0 Å². The highest BCUT2D eigenvalue weighted by Crippen LogP contribution is 2.28. The number of ether oxygens (including phenoxy) is 1. The number of carbonyl (C=O) groups is 1. The van der Waals surface area contributed by atoms with Gasteiger partial charge in [-0.25, -0.2) is 4.98 Å². The third kappa shape index (κ3) is 6.86. The van der Waals surface area contributed by atoms with Crippen LogP contribution in [-0.2, 0) is 6.54 Å². The molecule has 7 nitrogen and oxygen atoms in total. The van der Waals surface area contributed by atoms with Gasteiger partial charge in [0, 0.05) is 25.8 Å². The predicted octanol–water partition coefficient (Wildman–Crippen LogP) is 5.16. The lowest BCUT2D eigenvalue weighted by molar-refractivity contribution is 0.102. The summed E-state index contributed by atoms with van der Waals surface area (Å²) < 4.78 is 5.27. The van der Waals surface area contributed by atoms with Gasteiger partial charge >= 0.3 is 0 Å². The predicted molar refractivity (Wildman–Crippen MR) is 151 cm³/mol. The molecule has 190 valence electrons. The van der Waals surface area contributed by atoms with Crippen LogP contribution in [0.25, 0.3) is 11.1 Å². The van der Waals surface area contributed by atoms with Crippen LogP contribution in [0.5, 0.6) is 5.75 Å². The van der Waals surface area contributed by atoms with Crippen LogP contribution in [-0.4, -0.2) is 50.1 Å². The molecule has 3 aromatic carbocycles. The first-order valence-corrected chi connectivity index (χ1v) is 12.2. The highest BCUT2D eigenvalue weighted by Gasteiger charge is 2.14. The number of aromatic nitrogens is 1. The Labute approximate surface area is 218 Å². The number of rotatable bonds is 10. The third-order valence-corrected chi connectivity index (χ3v) is 6.09. The molecule has 0 aliphatic heterocycles. The normalized spacial score (nSPS) is 10.8. The Balaban J connectivity index is 1.49. The van der Waals surface area contributed by atoms with E-state index in [-0.39, 0.29) is 5.91 Å². The summed E-state index contributed by atoms with van der Waals surface area (Å²) in [5.41, 5.74) is 10.9. The first-order valence-electron chi connectivity index (χ1n) is 12.2. The molecule has 0 saturated heterocycles. The van der Waals surface area contributed by atoms with Crippen molar-refractivity contribution in [3.8, 4) is 16.9 Å². The molecule has 37 heavy (non-hydrogen) atoms. The molecule has 0 aliphatic carbocycles. The Morgan fingerprint density at radius 2 is 1.68 bits per heavy atom. The number of hydrogen-bond acceptors (Lipinski definition) is 6. The van der Waals surface area contributed by atoms with E-state index in [1.165, 1.54) is 0 Å². The highest BCUT2D eigenvalue weighted by atomic mass is 16.5. The minimum absolute atomic E-state index is 0.258. The average molecular weight is 496 g/mol. The van der Waals surface area contributed by atoms with Crippen molar-refractivity contribution < 1.29 is 9.53 Å². The second kappa shape index (κ2) is 12.1. The van der Waals surface area contributed by atoms with Crippen molar-refractivity contribution >= 4 is 23.1 Å². The molecule has 0 atom stereocenters. The van der Waals surface area contributed by atoms with Crippen LogP contribution < -0.4 is 20.7 Å². The topological polar surface area (TPSA) is 83.7 Å². The maximum Gasteiger partial charge on any atom is 0.257 e. The average Bonchev–Trinajstić information content (AvgIpc) is 2.93. The zero-order valence-corrected chi connectivity index (χ0v) is 21.5. The number of pyridine rings is 1. The van der Waals surface area contributed by atoms with Gasteiger partial charge in [-0.05, 0) is 67.2 Å². The molecule has 3 N–H and O–H groups in total. The highest BCUT2D eigenvalue weighted by molar-refractivity contribution is 6.06. The number of nitrogens with two attached hydrogens (primary N) is 1. The monoisotopic (exact) mass is 495 g/mol. The molecule has 0 bridgehead atoms. The van der Waals surface area contributed by atoms with E-state index in [0.29, 0.717) is 23.5 Å². The summed E-state index contributed by atoms with van der Waals surface area (Å²) in [6.45, 7) is 2.36. The molecule has 0 unspecified atom stereocenters. The summed E-state index contributed by atoms with van der Waals surface area (Å²) >= 11 is 0. The summed E-state index contributed by atoms with van der Waals surface area (Å²) in [4.78, 5) is 22.0. The summed E-state index contributed by atoms with van der Waals surface area (Å²) in [5, 5.41) is 2.94. The molecule has 0 spiro atoms. The molecular weight excluding hydrogens is 462 g/mol. The van der Waals surface area contributed by atoms with Crippen molar-refractivity contribution in [2.24, 2.45) is 0 Å². The quantitative estimate of drug-likeness (QED) is 0.296. The number of nitrogens with zero attached hydrogens (tertiary/aromatic N) is 3. The number of amides is 1. The number of anilines is 3. The van der Waals surface area contributed by atoms with Gasteiger partial charge in [-0.1, -0.05) is 48.5 Å². The molecule has 0 radical (unpaired) electrons. The molecule has 4 aromatic rings. The van der Waals surface area contributed by atoms with E-state index < -0.39 is 0 Å². The van der Waals surface area contributed by atoms with E-state index in [1.54, 1.807) is 25.4 Å². The number of carbonyl (C=O) groups excluding carboxylic acids is 1. The number of benzene rings is 3.